The van der Waals surface area contributed by atoms with Crippen molar-refractivity contribution in [2.75, 3.05) is 5.32 Å². The van der Waals surface area contributed by atoms with Crippen LogP contribution in [-0.2, 0) is 4.74 Å². The molecule has 4 heteroatoms. The van der Waals surface area contributed by atoms with Gasteiger partial charge in [-0.2, -0.15) is 0 Å². The first-order valence-corrected chi connectivity index (χ1v) is 5.98. The van der Waals surface area contributed by atoms with Crippen molar-refractivity contribution in [3.8, 4) is 0 Å². The van der Waals surface area contributed by atoms with E-state index in [4.69, 9.17) is 4.74 Å². The highest BCUT2D eigenvalue weighted by Crippen LogP contribution is 2.26. The average molecular weight is 271 g/mol. The normalized spacial score (nSPS) is 30.5. The molecule has 0 aromatic carbocycles. The summed E-state index contributed by atoms with van der Waals surface area (Å²) in [5.41, 5.74) is 0. The maximum atomic E-state index is 5.68. The summed E-state index contributed by atoms with van der Waals surface area (Å²) >= 11 is 3.47. The lowest BCUT2D eigenvalue weighted by molar-refractivity contribution is 0.0650. The van der Waals surface area contributed by atoms with Crippen LogP contribution in [0, 0.1) is 0 Å². The minimum absolute atomic E-state index is 0.244. The molecule has 15 heavy (non-hydrogen) atoms. The molecule has 2 rings (SSSR count). The van der Waals surface area contributed by atoms with Crippen LogP contribution in [0.15, 0.2) is 22.8 Å². The van der Waals surface area contributed by atoms with E-state index in [1.165, 1.54) is 0 Å². The van der Waals surface area contributed by atoms with Crippen molar-refractivity contribution in [1.29, 1.82) is 0 Å². The molecular weight excluding hydrogens is 256 g/mol. The van der Waals surface area contributed by atoms with Gasteiger partial charge >= 0.3 is 0 Å². The first-order valence-electron chi connectivity index (χ1n) is 5.19. The number of aromatic nitrogens is 1. The van der Waals surface area contributed by atoms with Gasteiger partial charge in [-0.15, -0.1) is 0 Å². The number of anilines is 1. The van der Waals surface area contributed by atoms with Crippen molar-refractivity contribution in [3.63, 3.8) is 0 Å². The van der Waals surface area contributed by atoms with Crippen LogP contribution in [0.25, 0.3) is 0 Å². The largest absolute Gasteiger partial charge is 0.373 e. The van der Waals surface area contributed by atoms with Crippen molar-refractivity contribution in [1.82, 2.24) is 4.98 Å². The minimum atomic E-state index is 0.244. The zero-order valence-electron chi connectivity index (χ0n) is 8.90. The van der Waals surface area contributed by atoms with Gasteiger partial charge in [-0.3, -0.25) is 0 Å². The molecule has 1 saturated heterocycles. The molecule has 0 bridgehead atoms. The molecule has 3 unspecified atom stereocenters. The van der Waals surface area contributed by atoms with Gasteiger partial charge in [0.05, 0.1) is 22.7 Å². The molecule has 1 aliphatic rings. The fraction of sp³-hybridized carbons (Fsp3) is 0.545. The Balaban J connectivity index is 2.06. The molecule has 3 atom stereocenters. The fourth-order valence-electron chi connectivity index (χ4n) is 1.91. The summed E-state index contributed by atoms with van der Waals surface area (Å²) < 4.78 is 6.68. The Labute approximate surface area is 98.4 Å². The highest BCUT2D eigenvalue weighted by molar-refractivity contribution is 9.10. The molecule has 3 nitrogen and oxygen atoms in total. The van der Waals surface area contributed by atoms with E-state index < -0.39 is 0 Å². The van der Waals surface area contributed by atoms with E-state index in [1.807, 2.05) is 12.1 Å². The smallest absolute Gasteiger partial charge is 0.140 e. The van der Waals surface area contributed by atoms with Crippen LogP contribution >= 0.6 is 15.9 Å². The molecule has 1 fully saturated rings. The lowest BCUT2D eigenvalue weighted by Crippen LogP contribution is -2.27. The van der Waals surface area contributed by atoms with Gasteiger partial charge in [0.1, 0.15) is 5.82 Å². The number of hydrogen-bond donors (Lipinski definition) is 1. The molecule has 1 aliphatic heterocycles. The van der Waals surface area contributed by atoms with E-state index in [1.54, 1.807) is 6.20 Å². The summed E-state index contributed by atoms with van der Waals surface area (Å²) in [5, 5.41) is 3.41. The van der Waals surface area contributed by atoms with Gasteiger partial charge in [0, 0.05) is 6.20 Å². The van der Waals surface area contributed by atoms with Crippen molar-refractivity contribution >= 4 is 21.7 Å². The highest BCUT2D eigenvalue weighted by atomic mass is 79.9. The topological polar surface area (TPSA) is 34.2 Å². The van der Waals surface area contributed by atoms with Gasteiger partial charge in [-0.25, -0.2) is 4.98 Å². The molecular formula is C11H15BrN2O. The molecule has 0 amide bonds. The second-order valence-corrected chi connectivity index (χ2v) is 4.83. The summed E-state index contributed by atoms with van der Waals surface area (Å²) in [6.07, 6.45) is 3.40. The number of nitrogens with zero attached hydrogens (tertiary/aromatic N) is 1. The van der Waals surface area contributed by atoms with E-state index in [-0.39, 0.29) is 6.10 Å². The maximum absolute atomic E-state index is 5.68. The van der Waals surface area contributed by atoms with Crippen LogP contribution in [0.2, 0.25) is 0 Å². The zero-order chi connectivity index (χ0) is 10.8. The van der Waals surface area contributed by atoms with Gasteiger partial charge < -0.3 is 10.1 Å². The molecule has 1 aromatic rings. The van der Waals surface area contributed by atoms with E-state index in [2.05, 4.69) is 40.1 Å². The molecule has 1 aromatic heterocycles. The Bertz CT molecular complexity index is 345. The van der Waals surface area contributed by atoms with Crippen LogP contribution in [0.1, 0.15) is 20.3 Å². The van der Waals surface area contributed by atoms with Crippen LogP contribution in [-0.4, -0.2) is 23.2 Å². The molecule has 1 N–H and O–H groups in total. The predicted molar refractivity (Wildman–Crippen MR) is 64.0 cm³/mol. The number of ether oxygens (including phenoxy) is 1. The standard InChI is InChI=1S/C11H15BrN2O/c1-7-6-10(8(2)15-7)14-11-9(12)4-3-5-13-11/h3-5,7-8,10H,6H2,1-2H3,(H,13,14). The Hall–Kier alpha value is -0.610. The Morgan fingerprint density at radius 1 is 1.53 bits per heavy atom. The van der Waals surface area contributed by atoms with E-state index in [0.29, 0.717) is 12.1 Å². The third-order valence-corrected chi connectivity index (χ3v) is 3.32. The van der Waals surface area contributed by atoms with E-state index >= 15 is 0 Å². The molecule has 0 saturated carbocycles. The summed E-state index contributed by atoms with van der Waals surface area (Å²) in [5.74, 6) is 0.895. The molecule has 0 spiro atoms. The minimum Gasteiger partial charge on any atom is -0.373 e. The van der Waals surface area contributed by atoms with Crippen molar-refractivity contribution in [2.45, 2.75) is 38.5 Å². The van der Waals surface area contributed by atoms with Crippen molar-refractivity contribution < 1.29 is 4.74 Å². The second-order valence-electron chi connectivity index (χ2n) is 3.97. The molecule has 2 heterocycles. The molecule has 0 aliphatic carbocycles. The van der Waals surface area contributed by atoms with Gasteiger partial charge in [0.2, 0.25) is 0 Å². The third-order valence-electron chi connectivity index (χ3n) is 2.68. The lowest BCUT2D eigenvalue weighted by atomic mass is 10.1. The number of rotatable bonds is 2. The third kappa shape index (κ3) is 2.49. The quantitative estimate of drug-likeness (QED) is 0.898. The molecule has 82 valence electrons. The number of halogens is 1. The zero-order valence-corrected chi connectivity index (χ0v) is 10.5. The predicted octanol–water partition coefficient (Wildman–Crippen LogP) is 2.82. The number of nitrogens with one attached hydrogen (secondary N) is 1. The van der Waals surface area contributed by atoms with Crippen molar-refractivity contribution in [2.24, 2.45) is 0 Å². The van der Waals surface area contributed by atoms with Gasteiger partial charge in [-0.05, 0) is 48.3 Å². The van der Waals surface area contributed by atoms with Crippen LogP contribution < -0.4 is 5.32 Å². The Morgan fingerprint density at radius 2 is 2.33 bits per heavy atom. The Kier molecular flexibility index (Phi) is 3.26. The SMILES string of the molecule is CC1CC(Nc2ncccc2Br)C(C)O1. The first-order chi connectivity index (χ1) is 7.16. The summed E-state index contributed by atoms with van der Waals surface area (Å²) in [6, 6.07) is 4.25. The van der Waals surface area contributed by atoms with E-state index in [0.717, 1.165) is 16.7 Å². The summed E-state index contributed by atoms with van der Waals surface area (Å²) in [7, 11) is 0. The van der Waals surface area contributed by atoms with Gasteiger partial charge in [0.15, 0.2) is 0 Å². The van der Waals surface area contributed by atoms with E-state index in [9.17, 15) is 0 Å². The molecule has 0 radical (unpaired) electrons. The number of pyridine rings is 1. The fourth-order valence-corrected chi connectivity index (χ4v) is 2.28. The number of hydrogen-bond acceptors (Lipinski definition) is 3. The van der Waals surface area contributed by atoms with Crippen molar-refractivity contribution in [3.05, 3.63) is 22.8 Å². The lowest BCUT2D eigenvalue weighted by Gasteiger charge is -2.17. The van der Waals surface area contributed by atoms with Crippen LogP contribution in [0.3, 0.4) is 0 Å². The first kappa shape index (κ1) is 10.9. The highest BCUT2D eigenvalue weighted by Gasteiger charge is 2.29. The monoisotopic (exact) mass is 270 g/mol. The summed E-state index contributed by atoms with van der Waals surface area (Å²) in [4.78, 5) is 4.29. The van der Waals surface area contributed by atoms with Crippen LogP contribution in [0.4, 0.5) is 5.82 Å². The maximum Gasteiger partial charge on any atom is 0.140 e. The average Bonchev–Trinajstić information content (AvgIpc) is 2.49. The second kappa shape index (κ2) is 4.49. The van der Waals surface area contributed by atoms with Gasteiger partial charge in [0.25, 0.3) is 0 Å². The van der Waals surface area contributed by atoms with Crippen LogP contribution in [0.5, 0.6) is 0 Å². The summed E-state index contributed by atoms with van der Waals surface area (Å²) in [6.45, 7) is 4.20. The Morgan fingerprint density at radius 3 is 2.93 bits per heavy atom. The van der Waals surface area contributed by atoms with Gasteiger partial charge in [-0.1, -0.05) is 0 Å².